The molecule has 2 aromatic carbocycles. The van der Waals surface area contributed by atoms with Crippen molar-refractivity contribution in [3.63, 3.8) is 0 Å². The summed E-state index contributed by atoms with van der Waals surface area (Å²) in [6.07, 6.45) is 2.76. The summed E-state index contributed by atoms with van der Waals surface area (Å²) in [5, 5.41) is -0.151. The van der Waals surface area contributed by atoms with Gasteiger partial charge in [0.05, 0.1) is 15.8 Å². The Hall–Kier alpha value is -2.54. The molecule has 0 aliphatic heterocycles. The number of fused-ring (bicyclic) bond motifs is 1. The average Bonchev–Trinajstić information content (AvgIpc) is 2.64. The van der Waals surface area contributed by atoms with Crippen LogP contribution < -0.4 is 5.43 Å². The molecule has 0 saturated carbocycles. The normalized spacial score (nSPS) is 11.9. The van der Waals surface area contributed by atoms with Crippen LogP contribution in [0.4, 0.5) is 8.78 Å². The van der Waals surface area contributed by atoms with Crippen molar-refractivity contribution in [2.75, 3.05) is 0 Å². The minimum Gasteiger partial charge on any atom is -0.346 e. The van der Waals surface area contributed by atoms with E-state index >= 15 is 0 Å². The number of hydrogen-bond acceptors (Lipinski definition) is 3. The van der Waals surface area contributed by atoms with Crippen LogP contribution in [-0.4, -0.2) is 13.0 Å². The van der Waals surface area contributed by atoms with Crippen molar-refractivity contribution in [1.82, 2.24) is 4.57 Å². The first-order valence-corrected chi connectivity index (χ1v) is 10.5. The fourth-order valence-corrected chi connectivity index (χ4v) is 4.87. The van der Waals surface area contributed by atoms with Gasteiger partial charge in [0.25, 0.3) is 0 Å². The molecule has 0 amide bonds. The zero-order valence-electron chi connectivity index (χ0n) is 15.9. The Morgan fingerprint density at radius 3 is 2.36 bits per heavy atom. The fourth-order valence-electron chi connectivity index (χ4n) is 3.18. The van der Waals surface area contributed by atoms with E-state index in [-0.39, 0.29) is 15.8 Å². The van der Waals surface area contributed by atoms with Crippen LogP contribution in [0.15, 0.2) is 51.1 Å². The number of sulfone groups is 1. The minimum absolute atomic E-state index is 0.0357. The van der Waals surface area contributed by atoms with E-state index in [1.165, 1.54) is 16.8 Å². The molecule has 1 heterocycles. The van der Waals surface area contributed by atoms with Gasteiger partial charge in [-0.15, -0.1) is 0 Å². The van der Waals surface area contributed by atoms with Gasteiger partial charge in [0.1, 0.15) is 4.90 Å². The minimum atomic E-state index is -4.13. The van der Waals surface area contributed by atoms with Crippen LogP contribution >= 0.6 is 0 Å². The molecule has 28 heavy (non-hydrogen) atoms. The lowest BCUT2D eigenvalue weighted by atomic mass is 10.2. The smallest absolute Gasteiger partial charge is 0.212 e. The Bertz CT molecular complexity index is 1230. The number of rotatable bonds is 5. The Morgan fingerprint density at radius 1 is 1.00 bits per heavy atom. The second-order valence-electron chi connectivity index (χ2n) is 6.93. The zero-order chi connectivity index (χ0) is 20.6. The molecule has 0 spiro atoms. The number of aryl methyl sites for hydroxylation is 3. The van der Waals surface area contributed by atoms with Crippen molar-refractivity contribution in [2.24, 2.45) is 0 Å². The molecule has 0 unspecified atom stereocenters. The Labute approximate surface area is 162 Å². The molecule has 0 N–H and O–H groups in total. The van der Waals surface area contributed by atoms with Crippen molar-refractivity contribution >= 4 is 20.7 Å². The van der Waals surface area contributed by atoms with E-state index in [2.05, 4.69) is 0 Å². The SMILES string of the molecule is CCCCn1cc(S(=O)(=O)c2cc(C)ccc2C)c(=O)c2cc(F)c(F)cc21. The lowest BCUT2D eigenvalue weighted by Gasteiger charge is -2.15. The third-order valence-electron chi connectivity index (χ3n) is 4.76. The van der Waals surface area contributed by atoms with Gasteiger partial charge in [0.2, 0.25) is 15.3 Å². The van der Waals surface area contributed by atoms with Crippen molar-refractivity contribution < 1.29 is 17.2 Å². The van der Waals surface area contributed by atoms with Gasteiger partial charge in [-0.3, -0.25) is 4.79 Å². The molecule has 3 rings (SSSR count). The molecule has 0 aliphatic carbocycles. The molecule has 3 aromatic rings. The van der Waals surface area contributed by atoms with Crippen LogP contribution in [0.1, 0.15) is 30.9 Å². The number of pyridine rings is 1. The summed E-state index contributed by atoms with van der Waals surface area (Å²) < 4.78 is 55.6. The maximum atomic E-state index is 13.8. The third-order valence-corrected chi connectivity index (χ3v) is 6.65. The van der Waals surface area contributed by atoms with E-state index in [9.17, 15) is 22.0 Å². The van der Waals surface area contributed by atoms with E-state index in [4.69, 9.17) is 0 Å². The van der Waals surface area contributed by atoms with Crippen LogP contribution in [0, 0.1) is 25.5 Å². The van der Waals surface area contributed by atoms with Gasteiger partial charge in [0, 0.05) is 18.8 Å². The zero-order valence-corrected chi connectivity index (χ0v) is 16.7. The highest BCUT2D eigenvalue weighted by atomic mass is 32.2. The first kappa shape index (κ1) is 20.2. The second kappa shape index (κ2) is 7.47. The molecule has 0 fully saturated rings. The van der Waals surface area contributed by atoms with Gasteiger partial charge in [-0.05, 0) is 43.5 Å². The number of unbranched alkanes of at least 4 members (excludes halogenated alkanes) is 1. The summed E-state index contributed by atoms with van der Waals surface area (Å²) in [5.74, 6) is -2.27. The van der Waals surface area contributed by atoms with Crippen molar-refractivity contribution in [3.05, 3.63) is 69.5 Å². The summed E-state index contributed by atoms with van der Waals surface area (Å²) in [7, 11) is -4.13. The largest absolute Gasteiger partial charge is 0.346 e. The third kappa shape index (κ3) is 3.46. The van der Waals surface area contributed by atoms with Crippen LogP contribution in [-0.2, 0) is 16.4 Å². The molecule has 4 nitrogen and oxygen atoms in total. The summed E-state index contributed by atoms with van der Waals surface area (Å²) in [6, 6.07) is 6.68. The first-order chi connectivity index (χ1) is 13.2. The van der Waals surface area contributed by atoms with Gasteiger partial charge >= 0.3 is 0 Å². The fraction of sp³-hybridized carbons (Fsp3) is 0.286. The molecule has 0 radical (unpaired) electrons. The summed E-state index contributed by atoms with van der Waals surface area (Å²) in [6.45, 7) is 5.75. The van der Waals surface area contributed by atoms with Gasteiger partial charge in [-0.25, -0.2) is 17.2 Å². The maximum Gasteiger partial charge on any atom is 0.212 e. The van der Waals surface area contributed by atoms with Crippen molar-refractivity contribution in [2.45, 2.75) is 49.9 Å². The molecule has 0 bridgehead atoms. The van der Waals surface area contributed by atoms with Crippen LogP contribution in [0.2, 0.25) is 0 Å². The maximum absolute atomic E-state index is 13.8. The van der Waals surface area contributed by atoms with E-state index in [0.717, 1.165) is 24.1 Å². The average molecular weight is 405 g/mol. The van der Waals surface area contributed by atoms with Crippen LogP contribution in [0.5, 0.6) is 0 Å². The van der Waals surface area contributed by atoms with E-state index in [1.807, 2.05) is 6.92 Å². The standard InChI is InChI=1S/C21H21F2NO3S/c1-4-5-8-24-12-20(21(25)15-10-16(22)17(23)11-18(15)24)28(26,27)19-9-13(2)6-7-14(19)3/h6-7,9-12H,4-5,8H2,1-3H3. The van der Waals surface area contributed by atoms with Crippen LogP contribution in [0.25, 0.3) is 10.9 Å². The second-order valence-corrected chi connectivity index (χ2v) is 8.81. The first-order valence-electron chi connectivity index (χ1n) is 9.01. The van der Waals surface area contributed by atoms with Gasteiger partial charge in [-0.2, -0.15) is 0 Å². The molecule has 1 aromatic heterocycles. The van der Waals surface area contributed by atoms with Crippen LogP contribution in [0.3, 0.4) is 0 Å². The quantitative estimate of drug-likeness (QED) is 0.627. The molecule has 0 aliphatic rings. The number of halogens is 2. The highest BCUT2D eigenvalue weighted by Gasteiger charge is 2.26. The number of hydrogen-bond donors (Lipinski definition) is 0. The summed E-state index contributed by atoms with van der Waals surface area (Å²) >= 11 is 0. The number of nitrogens with zero attached hydrogens (tertiary/aromatic N) is 1. The monoisotopic (exact) mass is 405 g/mol. The van der Waals surface area contributed by atoms with Gasteiger partial charge in [0.15, 0.2) is 11.6 Å². The highest BCUT2D eigenvalue weighted by Crippen LogP contribution is 2.26. The predicted octanol–water partition coefficient (Wildman–Crippen LogP) is 4.53. The summed E-state index contributed by atoms with van der Waals surface area (Å²) in [5.41, 5.74) is 0.597. The number of benzene rings is 2. The van der Waals surface area contributed by atoms with Crippen molar-refractivity contribution in [3.8, 4) is 0 Å². The molecule has 0 saturated heterocycles. The van der Waals surface area contributed by atoms with E-state index < -0.39 is 31.8 Å². The molecular formula is C21H21F2NO3S. The molecule has 148 valence electrons. The van der Waals surface area contributed by atoms with Gasteiger partial charge in [-0.1, -0.05) is 25.5 Å². The predicted molar refractivity (Wildman–Crippen MR) is 104 cm³/mol. The molecular weight excluding hydrogens is 384 g/mol. The summed E-state index contributed by atoms with van der Waals surface area (Å²) in [4.78, 5) is 12.6. The molecule has 7 heteroatoms. The lowest BCUT2D eigenvalue weighted by Crippen LogP contribution is -2.20. The van der Waals surface area contributed by atoms with Crippen molar-refractivity contribution in [1.29, 1.82) is 0 Å². The van der Waals surface area contributed by atoms with Gasteiger partial charge < -0.3 is 4.57 Å². The number of aromatic nitrogens is 1. The topological polar surface area (TPSA) is 56.1 Å². The Balaban J connectivity index is 2.37. The van der Waals surface area contributed by atoms with E-state index in [0.29, 0.717) is 18.5 Å². The molecule has 0 atom stereocenters. The Kier molecular flexibility index (Phi) is 5.39. The highest BCUT2D eigenvalue weighted by molar-refractivity contribution is 7.91. The lowest BCUT2D eigenvalue weighted by molar-refractivity contribution is 0.509. The Morgan fingerprint density at radius 2 is 1.68 bits per heavy atom. The van der Waals surface area contributed by atoms with E-state index in [1.54, 1.807) is 26.0 Å².